The highest BCUT2D eigenvalue weighted by Crippen LogP contribution is 2.33. The van der Waals surface area contributed by atoms with Gasteiger partial charge in [-0.15, -0.1) is 0 Å². The van der Waals surface area contributed by atoms with E-state index in [2.05, 4.69) is 21.2 Å². The van der Waals surface area contributed by atoms with Crippen molar-refractivity contribution in [3.63, 3.8) is 0 Å². The van der Waals surface area contributed by atoms with E-state index >= 15 is 0 Å². The molecule has 2 rings (SSSR count). The van der Waals surface area contributed by atoms with Crippen LogP contribution in [0.5, 0.6) is 0 Å². The van der Waals surface area contributed by atoms with Gasteiger partial charge < -0.3 is 10.2 Å². The van der Waals surface area contributed by atoms with Crippen molar-refractivity contribution in [2.75, 3.05) is 24.5 Å². The number of nitrogens with zero attached hydrogens (tertiary/aromatic N) is 1. The van der Waals surface area contributed by atoms with Gasteiger partial charge >= 0.3 is 6.18 Å². The van der Waals surface area contributed by atoms with Crippen molar-refractivity contribution in [1.82, 2.24) is 5.32 Å². The van der Waals surface area contributed by atoms with Crippen LogP contribution in [0, 0.1) is 0 Å². The summed E-state index contributed by atoms with van der Waals surface area (Å²) in [5, 5.41) is 2.78. The standard InChI is InChI=1S/C11H12BrF3N2/c12-8-3-1-2-4-9(8)17-6-5-16-7-10(17)11(13,14)15/h1-4,10,16H,5-7H2. The predicted molar refractivity (Wildman–Crippen MR) is 64.2 cm³/mol. The molecule has 0 bridgehead atoms. The van der Waals surface area contributed by atoms with Crippen molar-refractivity contribution in [2.24, 2.45) is 0 Å². The molecule has 1 aromatic carbocycles. The maximum Gasteiger partial charge on any atom is 0.409 e. The third kappa shape index (κ3) is 2.74. The van der Waals surface area contributed by atoms with E-state index in [9.17, 15) is 13.2 Å². The molecular weight excluding hydrogens is 297 g/mol. The molecule has 17 heavy (non-hydrogen) atoms. The number of rotatable bonds is 1. The minimum absolute atomic E-state index is 0.0646. The van der Waals surface area contributed by atoms with Crippen molar-refractivity contribution in [3.05, 3.63) is 28.7 Å². The summed E-state index contributed by atoms with van der Waals surface area (Å²) in [4.78, 5) is 1.40. The zero-order valence-electron chi connectivity index (χ0n) is 8.97. The number of halogens is 4. The third-order valence-corrected chi connectivity index (χ3v) is 3.45. The maximum absolute atomic E-state index is 12.9. The van der Waals surface area contributed by atoms with Gasteiger partial charge in [0.1, 0.15) is 6.04 Å². The van der Waals surface area contributed by atoms with E-state index < -0.39 is 12.2 Å². The van der Waals surface area contributed by atoms with Gasteiger partial charge in [0.25, 0.3) is 0 Å². The minimum atomic E-state index is -4.22. The molecule has 0 radical (unpaired) electrons. The Bertz CT molecular complexity index is 395. The normalized spacial score (nSPS) is 21.6. The Morgan fingerprint density at radius 1 is 1.29 bits per heavy atom. The number of alkyl halides is 3. The SMILES string of the molecule is FC(F)(F)C1CNCCN1c1ccccc1Br. The number of hydrogen-bond donors (Lipinski definition) is 1. The van der Waals surface area contributed by atoms with Crippen LogP contribution in [0.25, 0.3) is 0 Å². The Morgan fingerprint density at radius 2 is 2.00 bits per heavy atom. The van der Waals surface area contributed by atoms with Gasteiger partial charge in [0.15, 0.2) is 0 Å². The molecule has 1 aliphatic rings. The number of hydrogen-bond acceptors (Lipinski definition) is 2. The van der Waals surface area contributed by atoms with Crippen LogP contribution in [-0.4, -0.2) is 31.9 Å². The van der Waals surface area contributed by atoms with Crippen LogP contribution in [0.15, 0.2) is 28.7 Å². The minimum Gasteiger partial charge on any atom is -0.357 e. The zero-order valence-corrected chi connectivity index (χ0v) is 10.6. The molecular formula is C11H12BrF3N2. The van der Waals surface area contributed by atoms with Gasteiger partial charge in [-0.3, -0.25) is 0 Å². The van der Waals surface area contributed by atoms with Gasteiger partial charge in [0, 0.05) is 24.1 Å². The molecule has 0 aliphatic carbocycles. The number of nitrogens with one attached hydrogen (secondary N) is 1. The first-order valence-electron chi connectivity index (χ1n) is 5.29. The van der Waals surface area contributed by atoms with Crippen LogP contribution in [-0.2, 0) is 0 Å². The van der Waals surface area contributed by atoms with Gasteiger partial charge in [0.05, 0.1) is 5.69 Å². The van der Waals surface area contributed by atoms with Crippen LogP contribution in [0.4, 0.5) is 18.9 Å². The second-order valence-corrected chi connectivity index (χ2v) is 4.76. The highest BCUT2D eigenvalue weighted by atomic mass is 79.9. The van der Waals surface area contributed by atoms with Crippen LogP contribution in [0.1, 0.15) is 0 Å². The van der Waals surface area contributed by atoms with Crippen molar-refractivity contribution in [2.45, 2.75) is 12.2 Å². The number of anilines is 1. The van der Waals surface area contributed by atoms with E-state index in [-0.39, 0.29) is 6.54 Å². The second-order valence-electron chi connectivity index (χ2n) is 3.91. The summed E-state index contributed by atoms with van der Waals surface area (Å²) in [7, 11) is 0. The van der Waals surface area contributed by atoms with E-state index in [1.165, 1.54) is 4.90 Å². The molecule has 0 amide bonds. The lowest BCUT2D eigenvalue weighted by molar-refractivity contribution is -0.149. The van der Waals surface area contributed by atoms with Crippen LogP contribution < -0.4 is 10.2 Å². The summed E-state index contributed by atoms with van der Waals surface area (Å²) in [5.41, 5.74) is 0.594. The lowest BCUT2D eigenvalue weighted by Gasteiger charge is -2.39. The summed E-state index contributed by atoms with van der Waals surface area (Å²) in [6.45, 7) is 0.853. The summed E-state index contributed by atoms with van der Waals surface area (Å²) < 4.78 is 39.4. The summed E-state index contributed by atoms with van der Waals surface area (Å²) in [6, 6.07) is 5.53. The Morgan fingerprint density at radius 3 is 2.65 bits per heavy atom. The zero-order chi connectivity index (χ0) is 12.5. The average molecular weight is 309 g/mol. The first-order chi connectivity index (χ1) is 8.00. The Balaban J connectivity index is 2.32. The summed E-state index contributed by atoms with van der Waals surface area (Å²) in [5.74, 6) is 0. The van der Waals surface area contributed by atoms with E-state index in [0.717, 1.165) is 0 Å². The Labute approximate surface area is 106 Å². The highest BCUT2D eigenvalue weighted by Gasteiger charge is 2.45. The molecule has 0 spiro atoms. The average Bonchev–Trinajstić information content (AvgIpc) is 2.28. The summed E-state index contributed by atoms with van der Waals surface area (Å²) in [6.07, 6.45) is -4.22. The fraction of sp³-hybridized carbons (Fsp3) is 0.455. The van der Waals surface area contributed by atoms with Gasteiger partial charge in [-0.05, 0) is 28.1 Å². The fourth-order valence-electron chi connectivity index (χ4n) is 1.97. The topological polar surface area (TPSA) is 15.3 Å². The maximum atomic E-state index is 12.9. The highest BCUT2D eigenvalue weighted by molar-refractivity contribution is 9.10. The van der Waals surface area contributed by atoms with Crippen molar-refractivity contribution in [3.8, 4) is 0 Å². The van der Waals surface area contributed by atoms with Gasteiger partial charge in [-0.2, -0.15) is 13.2 Å². The lowest BCUT2D eigenvalue weighted by atomic mass is 10.1. The smallest absolute Gasteiger partial charge is 0.357 e. The van der Waals surface area contributed by atoms with Crippen LogP contribution in [0.2, 0.25) is 0 Å². The summed E-state index contributed by atoms with van der Waals surface area (Å²) >= 11 is 3.30. The molecule has 1 atom stereocenters. The third-order valence-electron chi connectivity index (χ3n) is 2.78. The monoisotopic (exact) mass is 308 g/mol. The molecule has 1 fully saturated rings. The second kappa shape index (κ2) is 4.86. The number of para-hydroxylation sites is 1. The Hall–Kier alpha value is -0.750. The Kier molecular flexibility index (Phi) is 3.63. The largest absolute Gasteiger partial charge is 0.409 e. The molecule has 1 aromatic rings. The van der Waals surface area contributed by atoms with Crippen LogP contribution in [0.3, 0.4) is 0 Å². The molecule has 94 valence electrons. The van der Waals surface area contributed by atoms with E-state index in [1.54, 1.807) is 24.3 Å². The van der Waals surface area contributed by atoms with E-state index in [0.29, 0.717) is 23.2 Å². The fourth-order valence-corrected chi connectivity index (χ4v) is 2.48. The van der Waals surface area contributed by atoms with Gasteiger partial charge in [-0.25, -0.2) is 0 Å². The molecule has 1 unspecified atom stereocenters. The molecule has 2 nitrogen and oxygen atoms in total. The molecule has 1 saturated heterocycles. The quantitative estimate of drug-likeness (QED) is 0.858. The molecule has 6 heteroatoms. The van der Waals surface area contributed by atoms with E-state index in [1.807, 2.05) is 0 Å². The molecule has 1 N–H and O–H groups in total. The molecule has 1 aliphatic heterocycles. The van der Waals surface area contributed by atoms with Crippen molar-refractivity contribution < 1.29 is 13.2 Å². The first-order valence-corrected chi connectivity index (χ1v) is 6.08. The molecule has 0 aromatic heterocycles. The number of benzene rings is 1. The van der Waals surface area contributed by atoms with Crippen LogP contribution >= 0.6 is 15.9 Å². The molecule has 1 heterocycles. The first kappa shape index (κ1) is 12.7. The predicted octanol–water partition coefficient (Wildman–Crippen LogP) is 2.79. The van der Waals surface area contributed by atoms with Crippen molar-refractivity contribution >= 4 is 21.6 Å². The van der Waals surface area contributed by atoms with Crippen molar-refractivity contribution in [1.29, 1.82) is 0 Å². The van der Waals surface area contributed by atoms with Gasteiger partial charge in [-0.1, -0.05) is 12.1 Å². The number of piperazine rings is 1. The lowest BCUT2D eigenvalue weighted by Crippen LogP contribution is -2.58. The van der Waals surface area contributed by atoms with E-state index in [4.69, 9.17) is 0 Å². The van der Waals surface area contributed by atoms with Gasteiger partial charge in [0.2, 0.25) is 0 Å². The molecule has 0 saturated carbocycles.